The van der Waals surface area contributed by atoms with E-state index in [0.717, 1.165) is 10.5 Å². The first-order chi connectivity index (χ1) is 8.84. The second-order valence-corrected chi connectivity index (χ2v) is 6.87. The minimum Gasteiger partial charge on any atom is -0.295 e. The van der Waals surface area contributed by atoms with Crippen molar-refractivity contribution in [2.24, 2.45) is 0 Å². The number of hydrogen-bond acceptors (Lipinski definition) is 4. The summed E-state index contributed by atoms with van der Waals surface area (Å²) in [5, 5.41) is 0. The molecule has 0 atom stereocenters. The highest BCUT2D eigenvalue weighted by Crippen LogP contribution is 2.26. The summed E-state index contributed by atoms with van der Waals surface area (Å²) in [6, 6.07) is 6.77. The van der Waals surface area contributed by atoms with Crippen molar-refractivity contribution in [2.75, 3.05) is 12.5 Å². The average molecular weight is 296 g/mol. The number of carbonyl (C=O) groups excluding carboxylic acids is 1. The van der Waals surface area contributed by atoms with Crippen LogP contribution in [0.15, 0.2) is 47.4 Å². The van der Waals surface area contributed by atoms with Gasteiger partial charge in [-0.2, -0.15) is 0 Å². The molecule has 0 aromatic heterocycles. The van der Waals surface area contributed by atoms with Gasteiger partial charge in [0.1, 0.15) is 0 Å². The average Bonchev–Trinajstić information content (AvgIpc) is 2.33. The van der Waals surface area contributed by atoms with E-state index in [4.69, 9.17) is 0 Å². The van der Waals surface area contributed by atoms with Gasteiger partial charge in [-0.15, -0.1) is 11.8 Å². The van der Waals surface area contributed by atoms with Gasteiger partial charge in [0.25, 0.3) is 0 Å². The number of thioether (sulfide) groups is 1. The topological polar surface area (TPSA) is 51.2 Å². The minimum absolute atomic E-state index is 0.0263. The van der Waals surface area contributed by atoms with Gasteiger partial charge in [-0.3, -0.25) is 4.79 Å². The lowest BCUT2D eigenvalue weighted by Crippen LogP contribution is -1.97. The first-order valence-corrected chi connectivity index (χ1v) is 8.69. The lowest BCUT2D eigenvalue weighted by Gasteiger charge is -2.05. The van der Waals surface area contributed by atoms with Crippen LogP contribution in [0.2, 0.25) is 0 Å². The van der Waals surface area contributed by atoms with Crippen molar-refractivity contribution in [3.8, 4) is 0 Å². The normalized spacial score (nSPS) is 12.9. The van der Waals surface area contributed by atoms with Gasteiger partial charge in [0, 0.05) is 11.2 Å². The highest BCUT2D eigenvalue weighted by molar-refractivity contribution is 8.07. The molecule has 0 amide bonds. The fraction of sp³-hybridized carbons (Fsp3) is 0.214. The zero-order valence-corrected chi connectivity index (χ0v) is 12.7. The van der Waals surface area contributed by atoms with Gasteiger partial charge in [0.05, 0.1) is 4.90 Å². The van der Waals surface area contributed by atoms with Crippen molar-refractivity contribution in [1.29, 1.82) is 0 Å². The monoisotopic (exact) mass is 296 g/mol. The summed E-state index contributed by atoms with van der Waals surface area (Å²) in [7, 11) is -3.21. The van der Waals surface area contributed by atoms with Crippen molar-refractivity contribution in [2.45, 2.75) is 11.8 Å². The van der Waals surface area contributed by atoms with Gasteiger partial charge in [-0.05, 0) is 43.0 Å². The maximum absolute atomic E-state index is 11.5. The third-order valence-corrected chi connectivity index (χ3v) is 4.27. The molecule has 0 N–H and O–H groups in total. The van der Waals surface area contributed by atoms with Crippen LogP contribution in [-0.2, 0) is 14.6 Å². The van der Waals surface area contributed by atoms with E-state index in [1.54, 1.807) is 30.4 Å². The molecule has 5 heteroatoms. The van der Waals surface area contributed by atoms with E-state index in [2.05, 4.69) is 0 Å². The van der Waals surface area contributed by atoms with Crippen LogP contribution in [0, 0.1) is 0 Å². The quantitative estimate of drug-likeness (QED) is 0.619. The maximum atomic E-state index is 11.5. The second-order valence-electron chi connectivity index (χ2n) is 4.00. The van der Waals surface area contributed by atoms with Crippen LogP contribution in [0.5, 0.6) is 0 Å². The third-order valence-electron chi connectivity index (χ3n) is 2.35. The van der Waals surface area contributed by atoms with Gasteiger partial charge in [0.2, 0.25) is 0 Å². The Bertz CT molecular complexity index is 626. The number of allylic oxidation sites excluding steroid dienone is 3. The van der Waals surface area contributed by atoms with E-state index >= 15 is 0 Å². The smallest absolute Gasteiger partial charge is 0.175 e. The third kappa shape index (κ3) is 5.04. The first kappa shape index (κ1) is 15.7. The Morgan fingerprint density at radius 2 is 2.00 bits per heavy atom. The largest absolute Gasteiger partial charge is 0.295 e. The molecule has 1 aromatic rings. The van der Waals surface area contributed by atoms with Crippen LogP contribution < -0.4 is 0 Å². The fourth-order valence-electron chi connectivity index (χ4n) is 1.43. The summed E-state index contributed by atoms with van der Waals surface area (Å²) in [4.78, 5) is 12.0. The molecular formula is C14H16O3S2. The zero-order valence-electron chi connectivity index (χ0n) is 11.1. The molecule has 0 spiro atoms. The molecule has 0 aliphatic heterocycles. The molecule has 19 heavy (non-hydrogen) atoms. The summed E-state index contributed by atoms with van der Waals surface area (Å²) < 4.78 is 23.0. The molecule has 0 aliphatic rings. The van der Waals surface area contributed by atoms with Crippen LogP contribution in [0.3, 0.4) is 0 Å². The van der Waals surface area contributed by atoms with Gasteiger partial charge in [-0.25, -0.2) is 8.42 Å². The van der Waals surface area contributed by atoms with Crippen molar-refractivity contribution in [1.82, 2.24) is 0 Å². The van der Waals surface area contributed by atoms with Gasteiger partial charge < -0.3 is 0 Å². The number of rotatable bonds is 5. The zero-order chi connectivity index (χ0) is 14.5. The molecule has 3 nitrogen and oxygen atoms in total. The molecule has 102 valence electrons. The number of ketones is 1. The summed E-state index contributed by atoms with van der Waals surface area (Å²) >= 11 is 1.50. The Morgan fingerprint density at radius 1 is 1.32 bits per heavy atom. The predicted octanol–water partition coefficient (Wildman–Crippen LogP) is 2.94. The number of hydrogen-bond donors (Lipinski definition) is 0. The Morgan fingerprint density at radius 3 is 2.53 bits per heavy atom. The first-order valence-electron chi connectivity index (χ1n) is 5.58. The van der Waals surface area contributed by atoms with Gasteiger partial charge >= 0.3 is 0 Å². The highest BCUT2D eigenvalue weighted by Gasteiger charge is 2.08. The minimum atomic E-state index is -3.21. The number of carbonyl (C=O) groups is 1. The molecule has 0 aliphatic carbocycles. The van der Waals surface area contributed by atoms with Crippen molar-refractivity contribution < 1.29 is 13.2 Å². The number of benzene rings is 1. The van der Waals surface area contributed by atoms with Gasteiger partial charge in [0.15, 0.2) is 15.6 Å². The van der Waals surface area contributed by atoms with Crippen LogP contribution >= 0.6 is 11.8 Å². The predicted molar refractivity (Wildman–Crippen MR) is 80.9 cm³/mol. The van der Waals surface area contributed by atoms with E-state index < -0.39 is 9.84 Å². The molecule has 0 saturated heterocycles. The molecule has 1 aromatic carbocycles. The van der Waals surface area contributed by atoms with E-state index in [0.29, 0.717) is 4.90 Å². The Labute approximate surface area is 118 Å². The molecular weight excluding hydrogens is 280 g/mol. The molecule has 0 unspecified atom stereocenters. The van der Waals surface area contributed by atoms with Crippen molar-refractivity contribution in [3.05, 3.63) is 48.1 Å². The van der Waals surface area contributed by atoms with Crippen LogP contribution in [0.25, 0.3) is 4.91 Å². The molecule has 0 fully saturated rings. The maximum Gasteiger partial charge on any atom is 0.175 e. The summed E-state index contributed by atoms with van der Waals surface area (Å²) in [6.45, 7) is 1.48. The second kappa shape index (κ2) is 6.73. The number of sulfone groups is 1. The lowest BCUT2D eigenvalue weighted by atomic mass is 10.2. The fourth-order valence-corrected chi connectivity index (χ4v) is 2.68. The Kier molecular flexibility index (Phi) is 5.57. The van der Waals surface area contributed by atoms with E-state index in [9.17, 15) is 13.2 Å². The molecule has 1 rings (SSSR count). The SMILES string of the molecule is CS/C(=C\C=C\C(C)=O)c1cccc(S(C)(=O)=O)c1. The molecule has 0 saturated carbocycles. The van der Waals surface area contributed by atoms with E-state index in [1.165, 1.54) is 31.0 Å². The van der Waals surface area contributed by atoms with Crippen LogP contribution in [0.4, 0.5) is 0 Å². The van der Waals surface area contributed by atoms with E-state index in [-0.39, 0.29) is 5.78 Å². The van der Waals surface area contributed by atoms with Crippen LogP contribution in [0.1, 0.15) is 12.5 Å². The standard InChI is InChI=1S/C14H16O3S2/c1-11(15)6-4-9-14(18-2)12-7-5-8-13(10-12)19(3,16)17/h4-10H,1-3H3/b6-4+,14-9-. The Balaban J connectivity index is 3.16. The van der Waals surface area contributed by atoms with E-state index in [1.807, 2.05) is 12.3 Å². The molecule has 0 heterocycles. The molecule has 0 bridgehead atoms. The van der Waals surface area contributed by atoms with Crippen LogP contribution in [-0.4, -0.2) is 26.7 Å². The summed E-state index contributed by atoms with van der Waals surface area (Å²) in [5.74, 6) is -0.0263. The van der Waals surface area contributed by atoms with Crippen molar-refractivity contribution >= 4 is 32.3 Å². The lowest BCUT2D eigenvalue weighted by molar-refractivity contribution is -0.112. The summed E-state index contributed by atoms with van der Waals surface area (Å²) in [5.41, 5.74) is 0.823. The van der Waals surface area contributed by atoms with Crippen molar-refractivity contribution in [3.63, 3.8) is 0 Å². The van der Waals surface area contributed by atoms with Gasteiger partial charge in [-0.1, -0.05) is 18.2 Å². The Hall–Kier alpha value is -1.33. The molecule has 0 radical (unpaired) electrons. The summed E-state index contributed by atoms with van der Waals surface area (Å²) in [6.07, 6.45) is 8.02. The highest BCUT2D eigenvalue weighted by atomic mass is 32.2.